The molecule has 2 saturated heterocycles. The molecule has 2 fully saturated rings. The SMILES string of the molecule is CCCCn1c(N2CCN(CC)CC2)c(C=C2SC(=S)N(CC(=O)O)C2=O)c(C)c(C#N)c1=O. The van der Waals surface area contributed by atoms with Gasteiger partial charge in [0.05, 0.1) is 4.91 Å². The van der Waals surface area contributed by atoms with Gasteiger partial charge in [-0.2, -0.15) is 5.26 Å². The Morgan fingerprint density at radius 2 is 1.91 bits per heavy atom. The molecule has 0 saturated carbocycles. The third-order valence-corrected chi connectivity index (χ3v) is 7.52. The molecule has 0 aliphatic carbocycles. The van der Waals surface area contributed by atoms with E-state index in [0.29, 0.717) is 36.6 Å². The van der Waals surface area contributed by atoms with Crippen LogP contribution >= 0.6 is 24.0 Å². The van der Waals surface area contributed by atoms with Gasteiger partial charge in [0.15, 0.2) is 0 Å². The molecule has 2 aliphatic heterocycles. The Hall–Kier alpha value is -2.68. The minimum absolute atomic E-state index is 0.0549. The number of anilines is 1. The fourth-order valence-electron chi connectivity index (χ4n) is 4.19. The van der Waals surface area contributed by atoms with Gasteiger partial charge in [-0.25, -0.2) is 0 Å². The van der Waals surface area contributed by atoms with Crippen LogP contribution in [-0.4, -0.2) is 74.9 Å². The summed E-state index contributed by atoms with van der Waals surface area (Å²) in [4.78, 5) is 43.3. The van der Waals surface area contributed by atoms with Crippen LogP contribution in [-0.2, 0) is 16.1 Å². The second-order valence-corrected chi connectivity index (χ2v) is 9.92. The lowest BCUT2D eigenvalue weighted by Crippen LogP contribution is -2.48. The van der Waals surface area contributed by atoms with Gasteiger partial charge in [0.25, 0.3) is 11.5 Å². The number of hydrogen-bond donors (Lipinski definition) is 1. The molecule has 0 atom stereocenters. The van der Waals surface area contributed by atoms with E-state index in [1.54, 1.807) is 17.6 Å². The van der Waals surface area contributed by atoms with Crippen LogP contribution in [0.2, 0.25) is 0 Å². The van der Waals surface area contributed by atoms with Gasteiger partial charge in [-0.15, -0.1) is 0 Å². The van der Waals surface area contributed by atoms with Gasteiger partial charge in [0.1, 0.15) is 28.3 Å². The molecule has 1 aromatic heterocycles. The number of nitriles is 1. The van der Waals surface area contributed by atoms with E-state index in [1.165, 1.54) is 0 Å². The molecule has 0 bridgehead atoms. The highest BCUT2D eigenvalue weighted by molar-refractivity contribution is 8.26. The van der Waals surface area contributed by atoms with Crippen LogP contribution in [0.15, 0.2) is 9.70 Å². The highest BCUT2D eigenvalue weighted by Gasteiger charge is 2.34. The Bertz CT molecular complexity index is 1130. The molecule has 9 nitrogen and oxygen atoms in total. The standard InChI is InChI=1S/C23H29N5O4S2/c1-4-6-7-27-20(26-10-8-25(5-2)9-11-26)16(15(3)17(13-24)21(27)31)12-18-22(32)28(14-19(29)30)23(33)34-18/h12H,4-11,14H2,1-3H3,(H,29,30). The number of thioether (sulfide) groups is 1. The van der Waals surface area contributed by atoms with Crippen LogP contribution < -0.4 is 10.5 Å². The summed E-state index contributed by atoms with van der Waals surface area (Å²) in [6.45, 7) is 9.90. The number of carboxylic acids is 1. The third kappa shape index (κ3) is 5.19. The molecule has 0 unspecified atom stereocenters. The van der Waals surface area contributed by atoms with Crippen LogP contribution in [0.25, 0.3) is 6.08 Å². The number of rotatable bonds is 8. The summed E-state index contributed by atoms with van der Waals surface area (Å²) in [6, 6.07) is 2.05. The van der Waals surface area contributed by atoms with Gasteiger partial charge in [0.2, 0.25) is 0 Å². The van der Waals surface area contributed by atoms with Crippen molar-refractivity contribution < 1.29 is 14.7 Å². The van der Waals surface area contributed by atoms with Crippen LogP contribution in [0.4, 0.5) is 5.82 Å². The van der Waals surface area contributed by atoms with Crippen LogP contribution in [0.1, 0.15) is 43.4 Å². The predicted molar refractivity (Wildman–Crippen MR) is 137 cm³/mol. The molecule has 0 aromatic carbocycles. The van der Waals surface area contributed by atoms with Crippen molar-refractivity contribution in [3.63, 3.8) is 0 Å². The first-order chi connectivity index (χ1) is 16.2. The minimum atomic E-state index is -1.15. The summed E-state index contributed by atoms with van der Waals surface area (Å²) < 4.78 is 1.84. The van der Waals surface area contributed by atoms with E-state index in [1.807, 2.05) is 6.92 Å². The summed E-state index contributed by atoms with van der Waals surface area (Å²) in [5.74, 6) is -0.930. The first kappa shape index (κ1) is 25.9. The zero-order valence-electron chi connectivity index (χ0n) is 19.7. The number of likely N-dealkylation sites (N-methyl/N-ethyl adjacent to an activating group) is 1. The van der Waals surface area contributed by atoms with E-state index in [-0.39, 0.29) is 20.3 Å². The lowest BCUT2D eigenvalue weighted by molar-refractivity contribution is -0.140. The Kier molecular flexibility index (Phi) is 8.52. The highest BCUT2D eigenvalue weighted by Crippen LogP contribution is 2.36. The average Bonchev–Trinajstić information content (AvgIpc) is 3.07. The number of carbonyl (C=O) groups excluding carboxylic acids is 1. The second-order valence-electron chi connectivity index (χ2n) is 8.24. The van der Waals surface area contributed by atoms with Crippen molar-refractivity contribution in [2.45, 2.75) is 40.2 Å². The molecular formula is C23H29N5O4S2. The molecule has 2 aliphatic rings. The predicted octanol–water partition coefficient (Wildman–Crippen LogP) is 2.26. The number of thiocarbonyl (C=S) groups is 1. The van der Waals surface area contributed by atoms with Gasteiger partial charge < -0.3 is 14.9 Å². The largest absolute Gasteiger partial charge is 0.480 e. The van der Waals surface area contributed by atoms with Crippen LogP contribution in [0, 0.1) is 18.3 Å². The van der Waals surface area contributed by atoms with Crippen molar-refractivity contribution in [1.82, 2.24) is 14.4 Å². The van der Waals surface area contributed by atoms with Gasteiger partial charge in [-0.3, -0.25) is 23.9 Å². The number of hydrogen-bond acceptors (Lipinski definition) is 8. The van der Waals surface area contributed by atoms with Gasteiger partial charge in [-0.1, -0.05) is 44.2 Å². The fourth-order valence-corrected chi connectivity index (χ4v) is 5.42. The molecule has 3 rings (SSSR count). The molecule has 0 radical (unpaired) electrons. The first-order valence-corrected chi connectivity index (χ1v) is 12.6. The molecule has 1 N–H and O–H groups in total. The maximum Gasteiger partial charge on any atom is 0.323 e. The van der Waals surface area contributed by atoms with Gasteiger partial charge in [-0.05, 0) is 31.5 Å². The number of pyridine rings is 1. The molecule has 3 heterocycles. The summed E-state index contributed by atoms with van der Waals surface area (Å²) in [5, 5.41) is 18.9. The number of nitrogens with zero attached hydrogens (tertiary/aromatic N) is 5. The Morgan fingerprint density at radius 3 is 2.47 bits per heavy atom. The smallest absolute Gasteiger partial charge is 0.323 e. The Labute approximate surface area is 208 Å². The maximum atomic E-state index is 13.3. The number of aliphatic carboxylic acids is 1. The maximum absolute atomic E-state index is 13.3. The first-order valence-electron chi connectivity index (χ1n) is 11.3. The fraction of sp³-hybridized carbons (Fsp3) is 0.522. The number of piperazine rings is 1. The second kappa shape index (κ2) is 11.2. The van der Waals surface area contributed by atoms with Crippen molar-refractivity contribution in [1.29, 1.82) is 5.26 Å². The molecule has 0 spiro atoms. The van der Waals surface area contributed by atoms with Crippen molar-refractivity contribution in [3.8, 4) is 6.07 Å². The zero-order chi connectivity index (χ0) is 25.0. The lowest BCUT2D eigenvalue weighted by Gasteiger charge is -2.37. The van der Waals surface area contributed by atoms with Gasteiger partial charge >= 0.3 is 5.97 Å². The van der Waals surface area contributed by atoms with E-state index in [2.05, 4.69) is 22.8 Å². The highest BCUT2D eigenvalue weighted by atomic mass is 32.2. The average molecular weight is 504 g/mol. The molecule has 1 aromatic rings. The third-order valence-electron chi connectivity index (χ3n) is 6.14. The van der Waals surface area contributed by atoms with E-state index < -0.39 is 18.4 Å². The Balaban J connectivity index is 2.19. The lowest BCUT2D eigenvalue weighted by atomic mass is 10.0. The summed E-state index contributed by atoms with van der Waals surface area (Å²) in [5.41, 5.74) is 0.876. The van der Waals surface area contributed by atoms with Crippen molar-refractivity contribution in [3.05, 3.63) is 31.9 Å². The topological polar surface area (TPSA) is 110 Å². The molecular weight excluding hydrogens is 474 g/mol. The number of aromatic nitrogens is 1. The van der Waals surface area contributed by atoms with E-state index in [9.17, 15) is 19.6 Å². The van der Waals surface area contributed by atoms with E-state index in [4.69, 9.17) is 17.3 Å². The zero-order valence-corrected chi connectivity index (χ0v) is 21.3. The van der Waals surface area contributed by atoms with Crippen LogP contribution in [0.3, 0.4) is 0 Å². The number of amides is 1. The summed E-state index contributed by atoms with van der Waals surface area (Å²) >= 11 is 6.28. The number of carboxylic acid groups (broad SMARTS) is 1. The van der Waals surface area contributed by atoms with Crippen molar-refractivity contribution >= 4 is 52.1 Å². The number of carbonyl (C=O) groups is 2. The molecule has 34 heavy (non-hydrogen) atoms. The minimum Gasteiger partial charge on any atom is -0.480 e. The Morgan fingerprint density at radius 1 is 1.24 bits per heavy atom. The monoisotopic (exact) mass is 503 g/mol. The van der Waals surface area contributed by atoms with Crippen molar-refractivity contribution in [2.75, 3.05) is 44.2 Å². The van der Waals surface area contributed by atoms with E-state index >= 15 is 0 Å². The van der Waals surface area contributed by atoms with Crippen LogP contribution in [0.5, 0.6) is 0 Å². The van der Waals surface area contributed by atoms with Crippen molar-refractivity contribution in [2.24, 2.45) is 0 Å². The summed E-state index contributed by atoms with van der Waals surface area (Å²) in [6.07, 6.45) is 3.32. The van der Waals surface area contributed by atoms with E-state index in [0.717, 1.165) is 49.1 Å². The molecule has 1 amide bonds. The summed E-state index contributed by atoms with van der Waals surface area (Å²) in [7, 11) is 0. The quantitative estimate of drug-likeness (QED) is 0.422. The normalized spacial score (nSPS) is 18.1. The number of unbranched alkanes of at least 4 members (excludes halogenated alkanes) is 1. The van der Waals surface area contributed by atoms with Gasteiger partial charge in [0, 0.05) is 38.3 Å². The molecule has 11 heteroatoms. The molecule has 182 valence electrons.